The van der Waals surface area contributed by atoms with Crippen LogP contribution in [0.2, 0.25) is 0 Å². The number of anilines is 1. The summed E-state index contributed by atoms with van der Waals surface area (Å²) < 4.78 is 27.6. The molecule has 3 aromatic rings. The largest absolute Gasteiger partial charge is 0.477 e. The van der Waals surface area contributed by atoms with Gasteiger partial charge in [-0.3, -0.25) is 4.72 Å². The van der Waals surface area contributed by atoms with Crippen molar-refractivity contribution in [3.8, 4) is 0 Å². The van der Waals surface area contributed by atoms with Crippen LogP contribution in [-0.4, -0.2) is 24.5 Å². The van der Waals surface area contributed by atoms with Gasteiger partial charge in [0.15, 0.2) is 0 Å². The molecule has 0 unspecified atom stereocenters. The minimum absolute atomic E-state index is 0.0549. The molecule has 1 aromatic heterocycles. The van der Waals surface area contributed by atoms with Gasteiger partial charge in [-0.25, -0.2) is 13.2 Å². The lowest BCUT2D eigenvalue weighted by atomic mass is 10.0. The third kappa shape index (κ3) is 3.51. The predicted molar refractivity (Wildman–Crippen MR) is 96.6 cm³/mol. The summed E-state index contributed by atoms with van der Waals surface area (Å²) in [6.45, 7) is 4.08. The van der Waals surface area contributed by atoms with Crippen LogP contribution >= 0.6 is 0 Å². The number of aromatic nitrogens is 1. The van der Waals surface area contributed by atoms with Crippen LogP contribution in [0.5, 0.6) is 0 Å². The fourth-order valence-electron chi connectivity index (χ4n) is 2.56. The second-order valence-electron chi connectivity index (χ2n) is 6.12. The van der Waals surface area contributed by atoms with Crippen LogP contribution in [0.3, 0.4) is 0 Å². The summed E-state index contributed by atoms with van der Waals surface area (Å²) in [4.78, 5) is 13.9. The maximum absolute atomic E-state index is 12.5. The molecule has 3 rings (SSSR count). The zero-order valence-electron chi connectivity index (χ0n) is 13.8. The number of rotatable bonds is 5. The van der Waals surface area contributed by atoms with Crippen molar-refractivity contribution in [3.63, 3.8) is 0 Å². The van der Waals surface area contributed by atoms with Crippen molar-refractivity contribution in [1.29, 1.82) is 0 Å². The number of fused-ring (bicyclic) bond motifs is 1. The number of carboxylic acids is 1. The van der Waals surface area contributed by atoms with E-state index in [1.54, 1.807) is 42.5 Å². The molecule has 1 heterocycles. The Morgan fingerprint density at radius 3 is 2.36 bits per heavy atom. The van der Waals surface area contributed by atoms with Crippen molar-refractivity contribution in [2.24, 2.45) is 0 Å². The van der Waals surface area contributed by atoms with Crippen molar-refractivity contribution in [2.45, 2.75) is 24.7 Å². The molecule has 3 N–H and O–H groups in total. The number of nitrogens with one attached hydrogen (secondary N) is 2. The molecule has 0 aliphatic rings. The van der Waals surface area contributed by atoms with E-state index in [4.69, 9.17) is 5.11 Å². The Bertz CT molecular complexity index is 1030. The first-order valence-electron chi connectivity index (χ1n) is 7.75. The average Bonchev–Trinajstić information content (AvgIpc) is 2.98. The zero-order valence-corrected chi connectivity index (χ0v) is 14.6. The summed E-state index contributed by atoms with van der Waals surface area (Å²) in [5, 5.41) is 9.63. The number of aromatic amines is 1. The highest BCUT2D eigenvalue weighted by Gasteiger charge is 2.15. The number of H-pyrrole nitrogens is 1. The van der Waals surface area contributed by atoms with E-state index in [1.165, 1.54) is 6.07 Å². The lowest BCUT2D eigenvalue weighted by molar-refractivity contribution is 0.0691. The summed E-state index contributed by atoms with van der Waals surface area (Å²) in [5.41, 5.74) is 2.12. The molecule has 0 amide bonds. The number of hydrogen-bond donors (Lipinski definition) is 3. The van der Waals surface area contributed by atoms with E-state index in [0.29, 0.717) is 22.5 Å². The number of sulfonamides is 1. The van der Waals surface area contributed by atoms with Crippen molar-refractivity contribution < 1.29 is 18.3 Å². The highest BCUT2D eigenvalue weighted by molar-refractivity contribution is 7.92. The van der Waals surface area contributed by atoms with Crippen LogP contribution in [0.4, 0.5) is 5.69 Å². The van der Waals surface area contributed by atoms with Gasteiger partial charge in [-0.1, -0.05) is 26.0 Å². The summed E-state index contributed by atoms with van der Waals surface area (Å²) in [6.07, 6.45) is 0. The van der Waals surface area contributed by atoms with Gasteiger partial charge in [0.05, 0.1) is 4.90 Å². The van der Waals surface area contributed by atoms with E-state index >= 15 is 0 Å². The van der Waals surface area contributed by atoms with Gasteiger partial charge in [-0.2, -0.15) is 0 Å². The Balaban J connectivity index is 1.89. The first-order chi connectivity index (χ1) is 11.8. The van der Waals surface area contributed by atoms with Crippen LogP contribution in [0, 0.1) is 0 Å². The maximum atomic E-state index is 12.5. The van der Waals surface area contributed by atoms with Crippen LogP contribution in [0.25, 0.3) is 10.9 Å². The highest BCUT2D eigenvalue weighted by Crippen LogP contribution is 2.23. The van der Waals surface area contributed by atoms with Crippen LogP contribution in [-0.2, 0) is 10.0 Å². The summed E-state index contributed by atoms with van der Waals surface area (Å²) in [6, 6.07) is 13.0. The fraction of sp³-hybridized carbons (Fsp3) is 0.167. The standard InChI is InChI=1S/C18H18N2O4S/c1-11(2)12-3-6-15(7-4-12)25(23,24)20-14-5-8-16-13(9-14)10-17(19-16)18(21)22/h3-11,19-20H,1-2H3,(H,21,22). The number of aromatic carboxylic acids is 1. The second kappa shape index (κ2) is 6.25. The van der Waals surface area contributed by atoms with Gasteiger partial charge in [-0.05, 0) is 47.9 Å². The van der Waals surface area contributed by atoms with Crippen LogP contribution in [0.1, 0.15) is 35.8 Å². The fourth-order valence-corrected chi connectivity index (χ4v) is 3.61. The molecule has 0 aliphatic heterocycles. The molecule has 0 saturated heterocycles. The molecule has 0 fully saturated rings. The van der Waals surface area contributed by atoms with Crippen LogP contribution in [0.15, 0.2) is 53.4 Å². The quantitative estimate of drug-likeness (QED) is 0.646. The van der Waals surface area contributed by atoms with Gasteiger partial charge in [-0.15, -0.1) is 0 Å². The molecule has 0 atom stereocenters. The molecule has 2 aromatic carbocycles. The van der Waals surface area contributed by atoms with Gasteiger partial charge in [0, 0.05) is 16.6 Å². The third-order valence-electron chi connectivity index (χ3n) is 3.96. The van der Waals surface area contributed by atoms with E-state index in [2.05, 4.69) is 9.71 Å². The van der Waals surface area contributed by atoms with Crippen molar-refractivity contribution in [1.82, 2.24) is 4.98 Å². The van der Waals surface area contributed by atoms with Gasteiger partial charge in [0.1, 0.15) is 5.69 Å². The molecule has 0 bridgehead atoms. The number of carbonyl (C=O) groups is 1. The van der Waals surface area contributed by atoms with Crippen molar-refractivity contribution >= 4 is 32.6 Å². The van der Waals surface area contributed by atoms with Gasteiger partial charge < -0.3 is 10.1 Å². The Morgan fingerprint density at radius 2 is 1.76 bits per heavy atom. The molecule has 25 heavy (non-hydrogen) atoms. The van der Waals surface area contributed by atoms with E-state index in [1.807, 2.05) is 13.8 Å². The first-order valence-corrected chi connectivity index (χ1v) is 9.23. The molecule has 0 aliphatic carbocycles. The topological polar surface area (TPSA) is 99.3 Å². The number of carboxylic acid groups (broad SMARTS) is 1. The third-order valence-corrected chi connectivity index (χ3v) is 5.36. The number of benzene rings is 2. The zero-order chi connectivity index (χ0) is 18.2. The van der Waals surface area contributed by atoms with Gasteiger partial charge in [0.25, 0.3) is 10.0 Å². The molecule has 0 spiro atoms. The minimum Gasteiger partial charge on any atom is -0.477 e. The molecule has 0 radical (unpaired) electrons. The smallest absolute Gasteiger partial charge is 0.352 e. The van der Waals surface area contributed by atoms with Gasteiger partial charge in [0.2, 0.25) is 0 Å². The number of hydrogen-bond acceptors (Lipinski definition) is 3. The van der Waals surface area contributed by atoms with Gasteiger partial charge >= 0.3 is 5.97 Å². The Hall–Kier alpha value is -2.80. The van der Waals surface area contributed by atoms with Crippen molar-refractivity contribution in [3.05, 3.63) is 59.8 Å². The van der Waals surface area contributed by atoms with E-state index in [0.717, 1.165) is 5.56 Å². The van der Waals surface area contributed by atoms with E-state index < -0.39 is 16.0 Å². The SMILES string of the molecule is CC(C)c1ccc(S(=O)(=O)Nc2ccc3[nH]c(C(=O)O)cc3c2)cc1. The monoisotopic (exact) mass is 358 g/mol. The lowest BCUT2D eigenvalue weighted by Gasteiger charge is -2.10. The van der Waals surface area contributed by atoms with Crippen LogP contribution < -0.4 is 4.72 Å². The molecular formula is C18H18N2O4S. The molecular weight excluding hydrogens is 340 g/mol. The molecule has 130 valence electrons. The second-order valence-corrected chi connectivity index (χ2v) is 7.80. The van der Waals surface area contributed by atoms with E-state index in [-0.39, 0.29) is 10.6 Å². The summed E-state index contributed by atoms with van der Waals surface area (Å²) in [5.74, 6) is -0.743. The predicted octanol–water partition coefficient (Wildman–Crippen LogP) is 3.79. The molecule has 7 heteroatoms. The normalized spacial score (nSPS) is 11.8. The highest BCUT2D eigenvalue weighted by atomic mass is 32.2. The Kier molecular flexibility index (Phi) is 4.26. The van der Waals surface area contributed by atoms with Crippen molar-refractivity contribution in [2.75, 3.05) is 4.72 Å². The summed E-state index contributed by atoms with van der Waals surface area (Å²) in [7, 11) is -3.71. The lowest BCUT2D eigenvalue weighted by Crippen LogP contribution is -2.12. The molecule has 0 saturated carbocycles. The Labute approximate surface area is 145 Å². The summed E-state index contributed by atoms with van der Waals surface area (Å²) >= 11 is 0. The molecule has 6 nitrogen and oxygen atoms in total. The minimum atomic E-state index is -3.71. The Morgan fingerprint density at radius 1 is 1.08 bits per heavy atom. The maximum Gasteiger partial charge on any atom is 0.352 e. The average molecular weight is 358 g/mol. The van der Waals surface area contributed by atoms with E-state index in [9.17, 15) is 13.2 Å². The first kappa shape index (κ1) is 17.0.